The van der Waals surface area contributed by atoms with Crippen LogP contribution < -0.4 is 21.1 Å². The van der Waals surface area contributed by atoms with Gasteiger partial charge in [-0.25, -0.2) is 0 Å². The van der Waals surface area contributed by atoms with Crippen molar-refractivity contribution in [2.75, 3.05) is 29.5 Å². The molecule has 5 heteroatoms. The molecule has 1 amide bonds. The van der Waals surface area contributed by atoms with E-state index in [1.54, 1.807) is 6.07 Å². The standard InChI is InChI=1S/C13H19N3O2/c1-3-8(2)6-15-10-5-11-12(4-9(10)14)18-7-13(17)16-11/h4-5,8,15H,3,6-7,14H2,1-2H3,(H,16,17). The number of nitrogens with two attached hydrogens (primary N) is 1. The van der Waals surface area contributed by atoms with Crippen LogP contribution in [0, 0.1) is 5.92 Å². The average Bonchev–Trinajstić information content (AvgIpc) is 2.36. The number of nitrogens with one attached hydrogen (secondary N) is 2. The lowest BCUT2D eigenvalue weighted by atomic mass is 10.1. The van der Waals surface area contributed by atoms with E-state index in [0.29, 0.717) is 23.0 Å². The molecule has 4 N–H and O–H groups in total. The van der Waals surface area contributed by atoms with E-state index in [0.717, 1.165) is 18.7 Å². The van der Waals surface area contributed by atoms with Gasteiger partial charge in [-0.3, -0.25) is 4.79 Å². The molecule has 0 saturated carbocycles. The molecule has 1 aromatic rings. The first-order chi connectivity index (χ1) is 8.60. The zero-order chi connectivity index (χ0) is 13.1. The molecule has 0 spiro atoms. The van der Waals surface area contributed by atoms with Crippen LogP contribution >= 0.6 is 0 Å². The third kappa shape index (κ3) is 2.67. The molecule has 2 rings (SSSR count). The predicted octanol–water partition coefficient (Wildman–Crippen LogP) is 2.06. The van der Waals surface area contributed by atoms with Gasteiger partial charge in [0.05, 0.1) is 17.1 Å². The van der Waals surface area contributed by atoms with Gasteiger partial charge in [0.2, 0.25) is 0 Å². The predicted molar refractivity (Wildman–Crippen MR) is 72.9 cm³/mol. The van der Waals surface area contributed by atoms with Crippen LogP contribution in [0.5, 0.6) is 5.75 Å². The monoisotopic (exact) mass is 249 g/mol. The first-order valence-electron chi connectivity index (χ1n) is 6.20. The fourth-order valence-electron chi connectivity index (χ4n) is 1.72. The maximum Gasteiger partial charge on any atom is 0.262 e. The molecule has 1 aromatic carbocycles. The van der Waals surface area contributed by atoms with Crippen molar-refractivity contribution in [2.24, 2.45) is 5.92 Å². The average molecular weight is 249 g/mol. The topological polar surface area (TPSA) is 76.4 Å². The molecule has 0 aliphatic carbocycles. The summed E-state index contributed by atoms with van der Waals surface area (Å²) in [6, 6.07) is 3.57. The van der Waals surface area contributed by atoms with E-state index in [-0.39, 0.29) is 12.5 Å². The zero-order valence-corrected chi connectivity index (χ0v) is 10.7. The van der Waals surface area contributed by atoms with Gasteiger partial charge in [-0.1, -0.05) is 20.3 Å². The number of hydrogen-bond donors (Lipinski definition) is 3. The summed E-state index contributed by atoms with van der Waals surface area (Å²) in [7, 11) is 0. The molecular weight excluding hydrogens is 230 g/mol. The van der Waals surface area contributed by atoms with E-state index in [2.05, 4.69) is 24.5 Å². The van der Waals surface area contributed by atoms with Crippen LogP contribution in [0.4, 0.5) is 17.1 Å². The Morgan fingerprint density at radius 1 is 1.56 bits per heavy atom. The molecular formula is C13H19N3O2. The normalized spacial score (nSPS) is 15.3. The van der Waals surface area contributed by atoms with Gasteiger partial charge in [0.15, 0.2) is 6.61 Å². The van der Waals surface area contributed by atoms with E-state index < -0.39 is 0 Å². The molecule has 0 aromatic heterocycles. The first kappa shape index (κ1) is 12.5. The van der Waals surface area contributed by atoms with E-state index in [1.165, 1.54) is 0 Å². The third-order valence-corrected chi connectivity index (χ3v) is 3.12. The zero-order valence-electron chi connectivity index (χ0n) is 10.7. The van der Waals surface area contributed by atoms with Crippen molar-refractivity contribution in [3.63, 3.8) is 0 Å². The van der Waals surface area contributed by atoms with Crippen molar-refractivity contribution in [3.05, 3.63) is 12.1 Å². The minimum absolute atomic E-state index is 0.0477. The maximum absolute atomic E-state index is 11.2. The summed E-state index contributed by atoms with van der Waals surface area (Å²) in [4.78, 5) is 11.2. The Kier molecular flexibility index (Phi) is 3.60. The number of benzene rings is 1. The Labute approximate surface area is 107 Å². The van der Waals surface area contributed by atoms with E-state index >= 15 is 0 Å². The highest BCUT2D eigenvalue weighted by Gasteiger charge is 2.17. The molecule has 0 fully saturated rings. The van der Waals surface area contributed by atoms with E-state index in [9.17, 15) is 4.79 Å². The largest absolute Gasteiger partial charge is 0.482 e. The minimum Gasteiger partial charge on any atom is -0.482 e. The van der Waals surface area contributed by atoms with Crippen LogP contribution in [-0.2, 0) is 4.79 Å². The fourth-order valence-corrected chi connectivity index (χ4v) is 1.72. The Bertz CT molecular complexity index is 460. The molecule has 0 bridgehead atoms. The second kappa shape index (κ2) is 5.16. The van der Waals surface area contributed by atoms with Gasteiger partial charge in [0, 0.05) is 12.6 Å². The number of fused-ring (bicyclic) bond motifs is 1. The molecule has 0 radical (unpaired) electrons. The number of rotatable bonds is 4. The Morgan fingerprint density at radius 3 is 3.06 bits per heavy atom. The SMILES string of the molecule is CCC(C)CNc1cc2c(cc1N)OCC(=O)N2. The summed E-state index contributed by atoms with van der Waals surface area (Å²) >= 11 is 0. The van der Waals surface area contributed by atoms with E-state index in [4.69, 9.17) is 10.5 Å². The van der Waals surface area contributed by atoms with Crippen LogP contribution in [0.25, 0.3) is 0 Å². The highest BCUT2D eigenvalue weighted by Crippen LogP contribution is 2.35. The molecule has 1 heterocycles. The van der Waals surface area contributed by atoms with Gasteiger partial charge in [-0.05, 0) is 12.0 Å². The third-order valence-electron chi connectivity index (χ3n) is 3.12. The maximum atomic E-state index is 11.2. The van der Waals surface area contributed by atoms with E-state index in [1.807, 2.05) is 6.07 Å². The number of hydrogen-bond acceptors (Lipinski definition) is 4. The molecule has 1 aliphatic heterocycles. The number of carbonyl (C=O) groups excluding carboxylic acids is 1. The van der Waals surface area contributed by atoms with Gasteiger partial charge >= 0.3 is 0 Å². The van der Waals surface area contributed by atoms with Gasteiger partial charge in [-0.2, -0.15) is 0 Å². The molecule has 5 nitrogen and oxygen atoms in total. The van der Waals surface area contributed by atoms with Crippen LogP contribution in [0.3, 0.4) is 0 Å². The van der Waals surface area contributed by atoms with Gasteiger partial charge in [0.25, 0.3) is 5.91 Å². The van der Waals surface area contributed by atoms with Crippen molar-refractivity contribution in [3.8, 4) is 5.75 Å². The molecule has 0 saturated heterocycles. The lowest BCUT2D eigenvalue weighted by Gasteiger charge is -2.21. The van der Waals surface area contributed by atoms with Crippen molar-refractivity contribution < 1.29 is 9.53 Å². The van der Waals surface area contributed by atoms with Crippen LogP contribution in [-0.4, -0.2) is 19.1 Å². The summed E-state index contributed by atoms with van der Waals surface area (Å²) in [5.41, 5.74) is 8.09. The number of ether oxygens (including phenoxy) is 1. The van der Waals surface area contributed by atoms with Crippen molar-refractivity contribution in [2.45, 2.75) is 20.3 Å². The van der Waals surface area contributed by atoms with Gasteiger partial charge < -0.3 is 21.1 Å². The summed E-state index contributed by atoms with van der Waals surface area (Å²) in [5.74, 6) is 1.06. The summed E-state index contributed by atoms with van der Waals surface area (Å²) < 4.78 is 5.30. The van der Waals surface area contributed by atoms with Crippen LogP contribution in [0.15, 0.2) is 12.1 Å². The molecule has 1 aliphatic rings. The van der Waals surface area contributed by atoms with Crippen LogP contribution in [0.2, 0.25) is 0 Å². The number of carbonyl (C=O) groups is 1. The van der Waals surface area contributed by atoms with Crippen molar-refractivity contribution >= 4 is 23.0 Å². The smallest absolute Gasteiger partial charge is 0.262 e. The lowest BCUT2D eigenvalue weighted by Crippen LogP contribution is -2.25. The number of anilines is 3. The second-order valence-corrected chi connectivity index (χ2v) is 4.67. The highest BCUT2D eigenvalue weighted by atomic mass is 16.5. The number of nitrogen functional groups attached to an aromatic ring is 1. The molecule has 1 atom stereocenters. The Morgan fingerprint density at radius 2 is 2.33 bits per heavy atom. The fraction of sp³-hybridized carbons (Fsp3) is 0.462. The highest BCUT2D eigenvalue weighted by molar-refractivity contribution is 5.97. The Balaban J connectivity index is 2.16. The molecule has 18 heavy (non-hydrogen) atoms. The van der Waals surface area contributed by atoms with Crippen molar-refractivity contribution in [1.29, 1.82) is 0 Å². The minimum atomic E-state index is -0.139. The van der Waals surface area contributed by atoms with Gasteiger partial charge in [-0.15, -0.1) is 0 Å². The summed E-state index contributed by atoms with van der Waals surface area (Å²) in [6.45, 7) is 5.23. The molecule has 1 unspecified atom stereocenters. The van der Waals surface area contributed by atoms with Gasteiger partial charge in [0.1, 0.15) is 5.75 Å². The van der Waals surface area contributed by atoms with Crippen LogP contribution in [0.1, 0.15) is 20.3 Å². The first-order valence-corrected chi connectivity index (χ1v) is 6.20. The lowest BCUT2D eigenvalue weighted by molar-refractivity contribution is -0.118. The number of amides is 1. The van der Waals surface area contributed by atoms with Crippen molar-refractivity contribution in [1.82, 2.24) is 0 Å². The summed E-state index contributed by atoms with van der Waals surface area (Å²) in [5, 5.41) is 6.07. The Hall–Kier alpha value is -1.91. The molecule has 98 valence electrons. The summed E-state index contributed by atoms with van der Waals surface area (Å²) in [6.07, 6.45) is 1.11. The second-order valence-electron chi connectivity index (χ2n) is 4.67. The quantitative estimate of drug-likeness (QED) is 0.714.